The first-order valence-corrected chi connectivity index (χ1v) is 8.56. The van der Waals surface area contributed by atoms with E-state index in [0.29, 0.717) is 22.4 Å². The molecule has 1 aromatic carbocycles. The van der Waals surface area contributed by atoms with Gasteiger partial charge in [0.05, 0.1) is 16.9 Å². The van der Waals surface area contributed by atoms with Crippen LogP contribution in [-0.4, -0.2) is 37.1 Å². The highest BCUT2D eigenvalue weighted by atomic mass is 16.1. The number of pyridine rings is 1. The van der Waals surface area contributed by atoms with Gasteiger partial charge in [0.15, 0.2) is 0 Å². The Balaban J connectivity index is 1.40. The van der Waals surface area contributed by atoms with Crippen molar-refractivity contribution in [2.24, 2.45) is 5.41 Å². The average molecular weight is 335 g/mol. The van der Waals surface area contributed by atoms with Gasteiger partial charge in [-0.1, -0.05) is 12.1 Å². The number of aromatic nitrogens is 1. The van der Waals surface area contributed by atoms with Gasteiger partial charge >= 0.3 is 0 Å². The van der Waals surface area contributed by atoms with E-state index in [-0.39, 0.29) is 5.91 Å². The maximum atomic E-state index is 12.3. The minimum absolute atomic E-state index is 0.233. The molecule has 0 bridgehead atoms. The summed E-state index contributed by atoms with van der Waals surface area (Å²) in [5.74, 6) is 0.698. The van der Waals surface area contributed by atoms with Crippen molar-refractivity contribution < 1.29 is 4.79 Å². The zero-order valence-corrected chi connectivity index (χ0v) is 14.0. The third-order valence-electron chi connectivity index (χ3n) is 5.24. The fraction of sp³-hybridized carbons (Fsp3) is 0.368. The largest absolute Gasteiger partial charge is 0.397 e. The molecule has 2 aliphatic rings. The third-order valence-corrected chi connectivity index (χ3v) is 5.24. The van der Waals surface area contributed by atoms with Crippen molar-refractivity contribution in [3.63, 3.8) is 0 Å². The number of nitrogen functional groups attached to an aromatic ring is 1. The highest BCUT2D eigenvalue weighted by molar-refractivity contribution is 6.05. The summed E-state index contributed by atoms with van der Waals surface area (Å²) in [4.78, 5) is 19.1. The Labute approximate surface area is 147 Å². The van der Waals surface area contributed by atoms with Gasteiger partial charge in [-0.3, -0.25) is 4.79 Å². The SMILES string of the molecule is Nc1cc#ccc1NC(=O)c1ccc(N2CCC3(CC2)CNC3)nc1. The zero-order chi connectivity index (χ0) is 17.3. The van der Waals surface area contributed by atoms with Gasteiger partial charge in [0, 0.05) is 44.5 Å². The molecule has 25 heavy (non-hydrogen) atoms. The molecular weight excluding hydrogens is 314 g/mol. The average Bonchev–Trinajstić information content (AvgIpc) is 2.62. The number of rotatable bonds is 3. The maximum Gasteiger partial charge on any atom is 0.257 e. The van der Waals surface area contributed by atoms with E-state index in [2.05, 4.69) is 32.7 Å². The Kier molecular flexibility index (Phi) is 3.94. The Morgan fingerprint density at radius 1 is 1.24 bits per heavy atom. The number of carbonyl (C=O) groups excluding carboxylic acids is 1. The predicted octanol–water partition coefficient (Wildman–Crippen LogP) is 1.71. The Morgan fingerprint density at radius 3 is 2.60 bits per heavy atom. The fourth-order valence-corrected chi connectivity index (χ4v) is 3.45. The summed E-state index contributed by atoms with van der Waals surface area (Å²) in [6.45, 7) is 4.33. The molecule has 0 unspecified atom stereocenters. The molecule has 0 radical (unpaired) electrons. The normalized spacial score (nSPS) is 18.3. The van der Waals surface area contributed by atoms with E-state index in [1.54, 1.807) is 18.3 Å². The van der Waals surface area contributed by atoms with E-state index < -0.39 is 0 Å². The molecule has 2 aliphatic heterocycles. The molecule has 4 rings (SSSR count). The summed E-state index contributed by atoms with van der Waals surface area (Å²) in [5, 5.41) is 6.15. The molecule has 128 valence electrons. The molecule has 6 nitrogen and oxygen atoms in total. The van der Waals surface area contributed by atoms with E-state index in [0.717, 1.165) is 32.0 Å². The van der Waals surface area contributed by atoms with Gasteiger partial charge in [0.1, 0.15) is 5.82 Å². The number of piperidine rings is 1. The van der Waals surface area contributed by atoms with Crippen molar-refractivity contribution in [3.8, 4) is 0 Å². The first-order valence-electron chi connectivity index (χ1n) is 8.56. The first-order chi connectivity index (χ1) is 12.2. The predicted molar refractivity (Wildman–Crippen MR) is 97.5 cm³/mol. The van der Waals surface area contributed by atoms with Crippen molar-refractivity contribution in [1.82, 2.24) is 10.3 Å². The van der Waals surface area contributed by atoms with Crippen LogP contribution in [-0.2, 0) is 0 Å². The zero-order valence-electron chi connectivity index (χ0n) is 14.0. The van der Waals surface area contributed by atoms with Gasteiger partial charge in [0.25, 0.3) is 5.91 Å². The molecule has 6 heteroatoms. The molecule has 2 fully saturated rings. The lowest BCUT2D eigenvalue weighted by atomic mass is 9.73. The molecule has 2 saturated heterocycles. The number of hydrogen-bond acceptors (Lipinski definition) is 5. The minimum Gasteiger partial charge on any atom is -0.397 e. The fourth-order valence-electron chi connectivity index (χ4n) is 3.45. The summed E-state index contributed by atoms with van der Waals surface area (Å²) in [6, 6.07) is 12.4. The first kappa shape index (κ1) is 15.7. The highest BCUT2D eigenvalue weighted by Crippen LogP contribution is 2.36. The van der Waals surface area contributed by atoms with E-state index in [1.165, 1.54) is 12.8 Å². The maximum absolute atomic E-state index is 12.3. The molecule has 2 aromatic rings. The van der Waals surface area contributed by atoms with Crippen LogP contribution in [0.2, 0.25) is 0 Å². The summed E-state index contributed by atoms with van der Waals surface area (Å²) in [5.41, 5.74) is 7.83. The lowest BCUT2D eigenvalue weighted by Gasteiger charge is -2.48. The molecule has 1 amide bonds. The molecular formula is C19H21N5O. The van der Waals surface area contributed by atoms with Crippen molar-refractivity contribution in [2.45, 2.75) is 12.8 Å². The van der Waals surface area contributed by atoms with Crippen LogP contribution in [0.3, 0.4) is 0 Å². The Hall–Kier alpha value is -2.78. The van der Waals surface area contributed by atoms with Crippen LogP contribution in [0.25, 0.3) is 0 Å². The van der Waals surface area contributed by atoms with Crippen LogP contribution in [0, 0.1) is 17.5 Å². The van der Waals surface area contributed by atoms with Crippen molar-refractivity contribution >= 4 is 23.1 Å². The topological polar surface area (TPSA) is 83.3 Å². The summed E-state index contributed by atoms with van der Waals surface area (Å²) in [6.07, 6.45) is 4.02. The van der Waals surface area contributed by atoms with Crippen LogP contribution in [0.1, 0.15) is 23.2 Å². The van der Waals surface area contributed by atoms with Gasteiger partial charge in [-0.15, -0.1) is 0 Å². The second-order valence-electron chi connectivity index (χ2n) is 6.90. The standard InChI is InChI=1S/C19H21N5O/c20-15-3-1-2-4-16(15)23-18(25)14-5-6-17(22-11-14)24-9-7-19(8-10-24)12-21-13-19/h3-6,11,21H,7-10,12-13,20H2,(H,23,25). The van der Waals surface area contributed by atoms with Crippen LogP contribution in [0.5, 0.6) is 0 Å². The summed E-state index contributed by atoms with van der Waals surface area (Å²) >= 11 is 0. The smallest absolute Gasteiger partial charge is 0.257 e. The minimum atomic E-state index is -0.233. The number of nitrogens with one attached hydrogen (secondary N) is 2. The third kappa shape index (κ3) is 3.11. The number of carbonyl (C=O) groups is 1. The summed E-state index contributed by atoms with van der Waals surface area (Å²) in [7, 11) is 0. The lowest BCUT2D eigenvalue weighted by Crippen LogP contribution is -2.58. The highest BCUT2D eigenvalue weighted by Gasteiger charge is 2.39. The van der Waals surface area contributed by atoms with Crippen LogP contribution in [0.15, 0.2) is 30.5 Å². The number of nitrogens with two attached hydrogens (primary N) is 1. The van der Waals surface area contributed by atoms with Crippen molar-refractivity contribution in [2.75, 3.05) is 42.1 Å². The molecule has 1 spiro atoms. The Bertz CT molecular complexity index is 760. The molecule has 4 N–H and O–H groups in total. The van der Waals surface area contributed by atoms with Crippen LogP contribution >= 0.6 is 0 Å². The quantitative estimate of drug-likeness (QED) is 0.795. The summed E-state index contributed by atoms with van der Waals surface area (Å²) < 4.78 is 0. The molecule has 0 saturated carbocycles. The van der Waals surface area contributed by atoms with Crippen molar-refractivity contribution in [1.29, 1.82) is 0 Å². The second kappa shape index (κ2) is 6.26. The van der Waals surface area contributed by atoms with Crippen LogP contribution in [0.4, 0.5) is 17.2 Å². The Morgan fingerprint density at radius 2 is 2.00 bits per heavy atom. The van der Waals surface area contributed by atoms with Gasteiger partial charge in [-0.05, 0) is 30.4 Å². The van der Waals surface area contributed by atoms with Gasteiger partial charge < -0.3 is 21.3 Å². The van der Waals surface area contributed by atoms with Crippen LogP contribution < -0.4 is 21.3 Å². The second-order valence-corrected chi connectivity index (χ2v) is 6.90. The van der Waals surface area contributed by atoms with E-state index in [1.807, 2.05) is 12.1 Å². The number of amides is 1. The molecule has 0 atom stereocenters. The van der Waals surface area contributed by atoms with E-state index >= 15 is 0 Å². The monoisotopic (exact) mass is 335 g/mol. The number of hydrogen-bond donors (Lipinski definition) is 3. The molecule has 0 aliphatic carbocycles. The van der Waals surface area contributed by atoms with Gasteiger partial charge in [0.2, 0.25) is 0 Å². The number of anilines is 3. The molecule has 3 heterocycles. The van der Waals surface area contributed by atoms with Crippen molar-refractivity contribution in [3.05, 3.63) is 48.2 Å². The van der Waals surface area contributed by atoms with E-state index in [4.69, 9.17) is 5.73 Å². The van der Waals surface area contributed by atoms with E-state index in [9.17, 15) is 4.79 Å². The number of nitrogens with zero attached hydrogens (tertiary/aromatic N) is 2. The lowest BCUT2D eigenvalue weighted by molar-refractivity contribution is 0.102. The molecule has 1 aromatic heterocycles. The van der Waals surface area contributed by atoms with Gasteiger partial charge in [-0.25, -0.2) is 4.98 Å². The van der Waals surface area contributed by atoms with Gasteiger partial charge in [-0.2, -0.15) is 0 Å².